The van der Waals surface area contributed by atoms with Crippen LogP contribution in [0.4, 0.5) is 0 Å². The van der Waals surface area contributed by atoms with E-state index in [0.717, 1.165) is 0 Å². The lowest BCUT2D eigenvalue weighted by Gasteiger charge is -2.45. The van der Waals surface area contributed by atoms with E-state index in [1.807, 2.05) is 0 Å². The number of aliphatic hydroxyl groups excluding tert-OH is 2. The third-order valence-corrected chi connectivity index (χ3v) is 7.47. The summed E-state index contributed by atoms with van der Waals surface area (Å²) in [5.74, 6) is -1.31. The Balaban J connectivity index is 1.66. The van der Waals surface area contributed by atoms with E-state index < -0.39 is 61.3 Å². The molecule has 2 saturated heterocycles. The minimum Gasteiger partial charge on any atom is -0.504 e. The number of Topliss-reactive ketones (excluding diaryl/α,β-unsaturated/α-hetero) is 1. The second-order valence-electron chi connectivity index (χ2n) is 9.44. The van der Waals surface area contributed by atoms with Crippen molar-refractivity contribution in [1.29, 1.82) is 0 Å². The van der Waals surface area contributed by atoms with Crippen LogP contribution in [0, 0.1) is 0 Å². The molecule has 0 saturated carbocycles. The molecule has 37 heavy (non-hydrogen) atoms. The molecule has 3 N–H and O–H groups in total. The van der Waals surface area contributed by atoms with E-state index in [0.29, 0.717) is 17.5 Å². The van der Waals surface area contributed by atoms with E-state index >= 15 is 0 Å². The first-order chi connectivity index (χ1) is 17.8. The highest BCUT2D eigenvalue weighted by Gasteiger charge is 2.50. The molecule has 1 aromatic carbocycles. The lowest BCUT2D eigenvalue weighted by Crippen LogP contribution is -2.62. The first-order valence-electron chi connectivity index (χ1n) is 12.2. The maximum atomic E-state index is 13.6. The van der Waals surface area contributed by atoms with E-state index in [1.165, 1.54) is 39.4 Å². The van der Waals surface area contributed by atoms with Crippen LogP contribution in [-0.2, 0) is 39.8 Å². The number of carbonyl (C=O) groups is 2. The van der Waals surface area contributed by atoms with Crippen LogP contribution >= 0.6 is 0 Å². The van der Waals surface area contributed by atoms with Crippen molar-refractivity contribution in [2.45, 2.75) is 68.2 Å². The molecule has 206 valence electrons. The number of aliphatic hydroxyl groups is 2. The highest BCUT2D eigenvalue weighted by atomic mass is 16.7. The van der Waals surface area contributed by atoms with Crippen molar-refractivity contribution in [1.82, 2.24) is 4.90 Å². The zero-order chi connectivity index (χ0) is 26.9. The number of phenols is 1. The predicted octanol–water partition coefficient (Wildman–Crippen LogP) is -0.302. The van der Waals surface area contributed by atoms with Gasteiger partial charge in [0, 0.05) is 46.8 Å². The number of rotatable bonds is 7. The molecule has 0 radical (unpaired) electrons. The van der Waals surface area contributed by atoms with Crippen molar-refractivity contribution in [3.63, 3.8) is 0 Å². The molecule has 0 unspecified atom stereocenters. The largest absolute Gasteiger partial charge is 0.504 e. The molecule has 3 aliphatic rings. The van der Waals surface area contributed by atoms with E-state index in [4.69, 9.17) is 28.4 Å². The maximum absolute atomic E-state index is 13.6. The molecule has 3 heterocycles. The fourth-order valence-electron chi connectivity index (χ4n) is 5.53. The summed E-state index contributed by atoms with van der Waals surface area (Å²) >= 11 is 0. The van der Waals surface area contributed by atoms with Gasteiger partial charge in [-0.1, -0.05) is 0 Å². The number of fused-ring (bicyclic) bond motifs is 5. The Labute approximate surface area is 214 Å². The van der Waals surface area contributed by atoms with Crippen LogP contribution < -0.4 is 4.74 Å². The number of nitrogens with zero attached hydrogens (tertiary/aromatic N) is 1. The van der Waals surface area contributed by atoms with Crippen LogP contribution in [-0.4, -0.2) is 116 Å². The van der Waals surface area contributed by atoms with Gasteiger partial charge in [-0.3, -0.25) is 9.59 Å². The highest BCUT2D eigenvalue weighted by molar-refractivity contribution is 5.90. The normalized spacial score (nSPS) is 34.4. The van der Waals surface area contributed by atoms with Gasteiger partial charge >= 0.3 is 0 Å². The summed E-state index contributed by atoms with van der Waals surface area (Å²) in [5, 5.41) is 31.2. The fourth-order valence-corrected chi connectivity index (χ4v) is 5.53. The van der Waals surface area contributed by atoms with Gasteiger partial charge in [0.15, 0.2) is 23.9 Å². The van der Waals surface area contributed by atoms with Crippen LogP contribution in [0.25, 0.3) is 0 Å². The molecular formula is C25H35NO11. The molecule has 3 aliphatic heterocycles. The molecule has 0 aliphatic carbocycles. The Hall–Kier alpha value is -2.32. The second kappa shape index (κ2) is 11.6. The topological polar surface area (TPSA) is 153 Å². The van der Waals surface area contributed by atoms with E-state index in [-0.39, 0.29) is 36.8 Å². The lowest BCUT2D eigenvalue weighted by molar-refractivity contribution is -0.325. The van der Waals surface area contributed by atoms with Gasteiger partial charge in [-0.2, -0.15) is 0 Å². The zero-order valence-corrected chi connectivity index (χ0v) is 21.4. The van der Waals surface area contributed by atoms with Crippen LogP contribution in [0.15, 0.2) is 12.1 Å². The summed E-state index contributed by atoms with van der Waals surface area (Å²) in [6.45, 7) is -0.0555. The predicted molar refractivity (Wildman–Crippen MR) is 126 cm³/mol. The van der Waals surface area contributed by atoms with E-state index in [1.54, 1.807) is 6.07 Å². The van der Waals surface area contributed by atoms with Crippen LogP contribution in [0.5, 0.6) is 11.5 Å². The molecule has 2 fully saturated rings. The van der Waals surface area contributed by atoms with Gasteiger partial charge in [-0.05, 0) is 29.7 Å². The third kappa shape index (κ3) is 5.19. The summed E-state index contributed by atoms with van der Waals surface area (Å²) in [7, 11) is 5.76. The Bertz CT molecular complexity index is 988. The van der Waals surface area contributed by atoms with Gasteiger partial charge in [-0.25, -0.2) is 0 Å². The number of benzene rings is 1. The number of ether oxygens (including phenoxy) is 6. The average Bonchev–Trinajstić information content (AvgIpc) is 3.07. The molecule has 12 heteroatoms. The highest BCUT2D eigenvalue weighted by Crippen LogP contribution is 2.39. The summed E-state index contributed by atoms with van der Waals surface area (Å²) < 4.78 is 33.8. The van der Waals surface area contributed by atoms with Crippen LogP contribution in [0.3, 0.4) is 0 Å². The minimum atomic E-state index is -1.66. The van der Waals surface area contributed by atoms with Crippen molar-refractivity contribution < 1.29 is 53.3 Å². The number of ketones is 1. The third-order valence-electron chi connectivity index (χ3n) is 7.47. The Morgan fingerprint density at radius 2 is 1.76 bits per heavy atom. The molecule has 4 rings (SSSR count). The Morgan fingerprint density at radius 3 is 2.38 bits per heavy atom. The number of methoxy groups -OCH3 is 4. The lowest BCUT2D eigenvalue weighted by atomic mass is 9.86. The molecule has 2 bridgehead atoms. The average molecular weight is 526 g/mol. The molecule has 12 nitrogen and oxygen atoms in total. The van der Waals surface area contributed by atoms with Crippen molar-refractivity contribution in [2.75, 3.05) is 41.6 Å². The number of amides is 1. The van der Waals surface area contributed by atoms with Crippen LogP contribution in [0.2, 0.25) is 0 Å². The SMILES string of the molecule is COc1cc2c(cc1O)CN1CC[C@H]2C(=O)C[C@@H](O[C@@H]2O[C@H](CO)[C@@H](OC)[C@H](OC)[C@H]2OC)[C@H](O)C1=O. The summed E-state index contributed by atoms with van der Waals surface area (Å²) in [6.07, 6.45) is -7.04. The monoisotopic (exact) mass is 525 g/mol. The molecule has 1 amide bonds. The maximum Gasteiger partial charge on any atom is 0.254 e. The van der Waals surface area contributed by atoms with E-state index in [9.17, 15) is 24.9 Å². The smallest absolute Gasteiger partial charge is 0.254 e. The van der Waals surface area contributed by atoms with Crippen molar-refractivity contribution in [2.24, 2.45) is 0 Å². The van der Waals surface area contributed by atoms with Crippen LogP contribution in [0.1, 0.15) is 29.9 Å². The Morgan fingerprint density at radius 1 is 1.05 bits per heavy atom. The van der Waals surface area contributed by atoms with Gasteiger partial charge in [0.1, 0.15) is 36.3 Å². The van der Waals surface area contributed by atoms with Gasteiger partial charge in [0.2, 0.25) is 0 Å². The summed E-state index contributed by atoms with van der Waals surface area (Å²) in [6, 6.07) is 3.12. The standard InChI is InChI=1S/C25H35NO11/c1-32-17-8-14-12(7-16(17)29)10-26-6-5-13(14)15(28)9-18(20(30)24(26)31)36-25-23(35-4)22(34-3)21(33-2)19(11-27)37-25/h7-8,13,18-23,25,27,29-30H,5-6,9-11H2,1-4H3/t13-,18-,19-,20+,21-,22+,23-,25-/m1/s1. The minimum absolute atomic E-state index is 0.0962. The number of hydrogen-bond acceptors (Lipinski definition) is 11. The Kier molecular flexibility index (Phi) is 8.69. The van der Waals surface area contributed by atoms with Gasteiger partial charge in [0.25, 0.3) is 5.91 Å². The van der Waals surface area contributed by atoms with Gasteiger partial charge < -0.3 is 48.6 Å². The first-order valence-corrected chi connectivity index (χ1v) is 12.2. The number of aromatic hydroxyl groups is 1. The van der Waals surface area contributed by atoms with Crippen molar-refractivity contribution in [3.05, 3.63) is 23.3 Å². The van der Waals surface area contributed by atoms with Crippen molar-refractivity contribution in [3.8, 4) is 11.5 Å². The molecule has 0 aromatic heterocycles. The fraction of sp³-hybridized carbons (Fsp3) is 0.680. The van der Waals surface area contributed by atoms with Gasteiger partial charge in [-0.15, -0.1) is 0 Å². The summed E-state index contributed by atoms with van der Waals surface area (Å²) in [5.41, 5.74) is 1.28. The quantitative estimate of drug-likeness (QED) is 0.430. The number of phenolic OH excluding ortho intramolecular Hbond substituents is 1. The number of carbonyl (C=O) groups excluding carboxylic acids is 2. The van der Waals surface area contributed by atoms with Gasteiger partial charge in [0.05, 0.1) is 13.7 Å². The molecule has 0 spiro atoms. The first kappa shape index (κ1) is 27.7. The molecule has 8 atom stereocenters. The summed E-state index contributed by atoms with van der Waals surface area (Å²) in [4.78, 5) is 28.4. The zero-order valence-electron chi connectivity index (χ0n) is 21.4. The number of hydrogen-bond donors (Lipinski definition) is 3. The molecular weight excluding hydrogens is 490 g/mol. The second-order valence-corrected chi connectivity index (χ2v) is 9.44. The molecule has 1 aromatic rings. The van der Waals surface area contributed by atoms with E-state index in [2.05, 4.69) is 0 Å². The van der Waals surface area contributed by atoms with Crippen molar-refractivity contribution >= 4 is 11.7 Å².